The smallest absolute Gasteiger partial charge is 0.245 e. The van der Waals surface area contributed by atoms with Crippen molar-refractivity contribution in [1.82, 2.24) is 36.0 Å². The molecule has 0 radical (unpaired) electrons. The molecule has 0 saturated carbocycles. The molecule has 2 atom stereocenters. The van der Waals surface area contributed by atoms with Crippen LogP contribution >= 0.6 is 0 Å². The molecular weight excluding hydrogens is 594 g/mol. The predicted octanol–water partition coefficient (Wildman–Crippen LogP) is 1.21. The second kappa shape index (κ2) is 14.8. The number of ether oxygens (including phenoxy) is 3. The minimum Gasteiger partial charge on any atom is -0.493 e. The molecule has 246 valence electrons. The molecule has 14 heteroatoms. The van der Waals surface area contributed by atoms with Gasteiger partial charge in [-0.15, -0.1) is 0 Å². The van der Waals surface area contributed by atoms with Gasteiger partial charge in [0, 0.05) is 19.8 Å². The Morgan fingerprint density at radius 2 is 1.80 bits per heavy atom. The summed E-state index contributed by atoms with van der Waals surface area (Å²) in [5.41, 5.74) is 0.260. The maximum Gasteiger partial charge on any atom is 0.245 e. The van der Waals surface area contributed by atoms with Crippen molar-refractivity contribution >= 4 is 23.6 Å². The summed E-state index contributed by atoms with van der Waals surface area (Å²) in [6.45, 7) is 6.49. The summed E-state index contributed by atoms with van der Waals surface area (Å²) in [5.74, 6) is 0.786. The number of carbonyl (C=O) groups is 4. The van der Waals surface area contributed by atoms with E-state index in [-0.39, 0.29) is 37.9 Å². The number of amides is 4. The number of fused-ring (bicyclic) bond motifs is 14. The van der Waals surface area contributed by atoms with Crippen LogP contribution < -0.4 is 35.5 Å². The highest BCUT2D eigenvalue weighted by Crippen LogP contribution is 2.28. The number of rotatable bonds is 5. The normalized spacial score (nSPS) is 19.0. The summed E-state index contributed by atoms with van der Waals surface area (Å²) in [4.78, 5) is 56.4. The third kappa shape index (κ3) is 8.73. The topological polar surface area (TPSA) is 175 Å². The molecule has 14 nitrogen and oxygen atoms in total. The van der Waals surface area contributed by atoms with Crippen LogP contribution in [0.2, 0.25) is 0 Å². The highest BCUT2D eigenvalue weighted by atomic mass is 16.5. The van der Waals surface area contributed by atoms with Crippen LogP contribution in [0.5, 0.6) is 17.2 Å². The van der Waals surface area contributed by atoms with E-state index in [2.05, 4.69) is 31.3 Å². The van der Waals surface area contributed by atoms with Crippen molar-refractivity contribution in [3.05, 3.63) is 65.2 Å². The summed E-state index contributed by atoms with van der Waals surface area (Å²) in [5, 5.41) is 15.8. The predicted molar refractivity (Wildman–Crippen MR) is 167 cm³/mol. The molecule has 0 saturated heterocycles. The largest absolute Gasteiger partial charge is 0.493 e. The number of carbonyl (C=O) groups excluding carboxylic acids is 4. The lowest BCUT2D eigenvalue weighted by Gasteiger charge is -2.29. The standard InChI is InChI=1S/C32H41N7O7/c1-19-29-36-27(17-22-9-12-25(44-5)26(16-22)45-6)38-39(29)18-28(41)33-13-14-46-23-10-7-21(8-11-23)15-24(35-20(2)40)30(42)37-32(3,4)31(43)34-19/h7-12,16,19,24H,13-15,17-18H2,1-6H3,(H,33,41)(H,34,43)(H,35,40)(H,37,42)/t19-,24+/m1/s1. The molecule has 2 bridgehead atoms. The first-order valence-corrected chi connectivity index (χ1v) is 14.9. The van der Waals surface area contributed by atoms with Gasteiger partial charge in [0.25, 0.3) is 0 Å². The van der Waals surface area contributed by atoms with Gasteiger partial charge in [-0.3, -0.25) is 19.2 Å². The fourth-order valence-corrected chi connectivity index (χ4v) is 4.94. The molecule has 0 spiro atoms. The Labute approximate surface area is 267 Å². The molecule has 0 aliphatic carbocycles. The molecule has 0 fully saturated rings. The zero-order chi connectivity index (χ0) is 33.4. The van der Waals surface area contributed by atoms with E-state index in [1.165, 1.54) is 11.6 Å². The number of aromatic nitrogens is 3. The fraction of sp³-hybridized carbons (Fsp3) is 0.438. The van der Waals surface area contributed by atoms with E-state index in [1.54, 1.807) is 65.3 Å². The van der Waals surface area contributed by atoms with Crippen molar-refractivity contribution in [2.45, 2.75) is 64.7 Å². The molecule has 5 rings (SSSR count). The molecule has 3 aromatic rings. The zero-order valence-corrected chi connectivity index (χ0v) is 26.9. The van der Waals surface area contributed by atoms with Crippen molar-refractivity contribution in [1.29, 1.82) is 0 Å². The highest BCUT2D eigenvalue weighted by molar-refractivity contribution is 5.94. The summed E-state index contributed by atoms with van der Waals surface area (Å²) >= 11 is 0. The minimum atomic E-state index is -1.37. The van der Waals surface area contributed by atoms with Crippen molar-refractivity contribution in [3.8, 4) is 17.2 Å². The van der Waals surface area contributed by atoms with Gasteiger partial charge < -0.3 is 35.5 Å². The Morgan fingerprint density at radius 1 is 1.09 bits per heavy atom. The number of nitrogens with zero attached hydrogens (tertiary/aromatic N) is 3. The maximum atomic E-state index is 13.5. The van der Waals surface area contributed by atoms with Gasteiger partial charge in [0.05, 0.1) is 26.8 Å². The van der Waals surface area contributed by atoms with Crippen molar-refractivity contribution < 1.29 is 33.4 Å². The van der Waals surface area contributed by atoms with Crippen LogP contribution in [-0.2, 0) is 38.6 Å². The molecule has 4 amide bonds. The Bertz CT molecular complexity index is 1570. The third-order valence-corrected chi connectivity index (χ3v) is 7.34. The van der Waals surface area contributed by atoms with Crippen LogP contribution in [0.3, 0.4) is 0 Å². The van der Waals surface area contributed by atoms with Crippen LogP contribution in [0.15, 0.2) is 42.5 Å². The fourth-order valence-electron chi connectivity index (χ4n) is 4.94. The summed E-state index contributed by atoms with van der Waals surface area (Å²) in [7, 11) is 3.11. The van der Waals surface area contributed by atoms with Gasteiger partial charge in [-0.25, -0.2) is 9.67 Å². The average molecular weight is 636 g/mol. The van der Waals surface area contributed by atoms with Crippen LogP contribution in [0.4, 0.5) is 0 Å². The first kappa shape index (κ1) is 33.7. The van der Waals surface area contributed by atoms with E-state index in [4.69, 9.17) is 14.2 Å². The van der Waals surface area contributed by atoms with Crippen molar-refractivity contribution in [2.24, 2.45) is 0 Å². The number of nitrogens with one attached hydrogen (secondary N) is 4. The lowest BCUT2D eigenvalue weighted by atomic mass is 10.00. The average Bonchev–Trinajstić information content (AvgIpc) is 3.40. The van der Waals surface area contributed by atoms with Gasteiger partial charge in [0.1, 0.15) is 36.3 Å². The summed E-state index contributed by atoms with van der Waals surface area (Å²) in [6.07, 6.45) is 0.517. The number of methoxy groups -OCH3 is 2. The Morgan fingerprint density at radius 3 is 2.48 bits per heavy atom. The molecule has 1 aromatic heterocycles. The van der Waals surface area contributed by atoms with Gasteiger partial charge in [0.2, 0.25) is 23.6 Å². The van der Waals surface area contributed by atoms with E-state index in [1.807, 2.05) is 12.1 Å². The summed E-state index contributed by atoms with van der Waals surface area (Å²) in [6, 6.07) is 10.9. The second-order valence-electron chi connectivity index (χ2n) is 11.5. The third-order valence-electron chi connectivity index (χ3n) is 7.34. The van der Waals surface area contributed by atoms with Crippen LogP contribution in [0.1, 0.15) is 56.5 Å². The van der Waals surface area contributed by atoms with Crippen LogP contribution in [0.25, 0.3) is 0 Å². The van der Waals surface area contributed by atoms with Gasteiger partial charge in [-0.05, 0) is 56.2 Å². The van der Waals surface area contributed by atoms with Gasteiger partial charge in [-0.1, -0.05) is 18.2 Å². The summed E-state index contributed by atoms with van der Waals surface area (Å²) < 4.78 is 18.0. The first-order chi connectivity index (χ1) is 21.9. The number of hydrogen-bond donors (Lipinski definition) is 4. The van der Waals surface area contributed by atoms with E-state index >= 15 is 0 Å². The SMILES string of the molecule is COc1ccc(Cc2nc3n(n2)CC(=O)NCCOc2ccc(cc2)C[C@H](NC(C)=O)C(=O)NC(C)(C)C(=O)N[C@@H]3C)cc1OC. The molecule has 3 heterocycles. The molecular formula is C32H41N7O7. The lowest BCUT2D eigenvalue weighted by molar-refractivity contribution is -0.134. The quantitative estimate of drug-likeness (QED) is 0.321. The van der Waals surface area contributed by atoms with Gasteiger partial charge in [0.15, 0.2) is 17.3 Å². The Kier molecular flexibility index (Phi) is 10.8. The molecule has 2 aliphatic rings. The molecule has 4 N–H and O–H groups in total. The highest BCUT2D eigenvalue weighted by Gasteiger charge is 2.34. The van der Waals surface area contributed by atoms with E-state index in [0.717, 1.165) is 11.1 Å². The molecule has 2 aromatic carbocycles. The lowest BCUT2D eigenvalue weighted by Crippen LogP contribution is -2.59. The maximum absolute atomic E-state index is 13.5. The van der Waals surface area contributed by atoms with Gasteiger partial charge in [-0.2, -0.15) is 5.10 Å². The van der Waals surface area contributed by atoms with Gasteiger partial charge >= 0.3 is 0 Å². The van der Waals surface area contributed by atoms with Crippen molar-refractivity contribution in [3.63, 3.8) is 0 Å². The van der Waals surface area contributed by atoms with Crippen LogP contribution in [-0.4, -0.2) is 77.3 Å². The van der Waals surface area contributed by atoms with Crippen LogP contribution in [0, 0.1) is 0 Å². The second-order valence-corrected chi connectivity index (χ2v) is 11.5. The Balaban J connectivity index is 1.63. The Hall–Kier alpha value is -5.14. The first-order valence-electron chi connectivity index (χ1n) is 14.9. The molecule has 0 unspecified atom stereocenters. The minimum absolute atomic E-state index is 0.151. The number of hydrogen-bond acceptors (Lipinski definition) is 9. The number of benzene rings is 2. The van der Waals surface area contributed by atoms with E-state index in [9.17, 15) is 19.2 Å². The molecule has 46 heavy (non-hydrogen) atoms. The van der Waals surface area contributed by atoms with E-state index < -0.39 is 29.4 Å². The molecule has 2 aliphatic heterocycles. The monoisotopic (exact) mass is 635 g/mol. The zero-order valence-electron chi connectivity index (χ0n) is 26.9. The van der Waals surface area contributed by atoms with E-state index in [0.29, 0.717) is 35.3 Å². The van der Waals surface area contributed by atoms with Crippen molar-refractivity contribution in [2.75, 3.05) is 27.4 Å².